The fraction of sp³-hybridized carbons (Fsp3) is 0.800. The fourth-order valence-electron chi connectivity index (χ4n) is 2.16. The zero-order chi connectivity index (χ0) is 10.8. The van der Waals surface area contributed by atoms with Crippen LogP contribution in [0, 0.1) is 0 Å². The molecule has 0 aromatic carbocycles. The minimum Gasteiger partial charge on any atom is -0.468 e. The van der Waals surface area contributed by atoms with Gasteiger partial charge in [-0.2, -0.15) is 0 Å². The molecule has 84 valence electrons. The Balaban J connectivity index is 1.80. The minimum absolute atomic E-state index is 0.0903. The first kappa shape index (κ1) is 10.4. The van der Waals surface area contributed by atoms with Crippen molar-refractivity contribution in [3.05, 3.63) is 0 Å². The van der Waals surface area contributed by atoms with Crippen molar-refractivity contribution in [1.82, 2.24) is 10.2 Å². The van der Waals surface area contributed by atoms with E-state index in [-0.39, 0.29) is 24.0 Å². The molecule has 2 rings (SSSR count). The highest BCUT2D eigenvalue weighted by Gasteiger charge is 2.37. The molecule has 2 unspecified atom stereocenters. The molecule has 0 aliphatic carbocycles. The highest BCUT2D eigenvalue weighted by molar-refractivity contribution is 5.78. The van der Waals surface area contributed by atoms with Crippen LogP contribution >= 0.6 is 0 Å². The van der Waals surface area contributed by atoms with Crippen molar-refractivity contribution in [2.75, 3.05) is 20.2 Å². The summed E-state index contributed by atoms with van der Waals surface area (Å²) in [6.07, 6.45) is 2.36. The highest BCUT2D eigenvalue weighted by atomic mass is 16.5. The van der Waals surface area contributed by atoms with Gasteiger partial charge in [0, 0.05) is 25.6 Å². The molecular weight excluding hydrogens is 196 g/mol. The highest BCUT2D eigenvalue weighted by Crippen LogP contribution is 2.20. The van der Waals surface area contributed by atoms with Gasteiger partial charge in [0.15, 0.2) is 0 Å². The molecule has 0 saturated carbocycles. The summed E-state index contributed by atoms with van der Waals surface area (Å²) in [5, 5.41) is 2.90. The largest absolute Gasteiger partial charge is 0.468 e. The normalized spacial score (nSPS) is 30.9. The number of methoxy groups -OCH3 is 1. The quantitative estimate of drug-likeness (QED) is 0.641. The van der Waals surface area contributed by atoms with Gasteiger partial charge in [-0.25, -0.2) is 0 Å². The lowest BCUT2D eigenvalue weighted by Crippen LogP contribution is -2.56. The van der Waals surface area contributed by atoms with Gasteiger partial charge in [0.25, 0.3) is 0 Å². The summed E-state index contributed by atoms with van der Waals surface area (Å²) >= 11 is 0. The van der Waals surface area contributed by atoms with E-state index in [1.54, 1.807) is 0 Å². The monoisotopic (exact) mass is 212 g/mol. The molecule has 0 aromatic rings. The summed E-state index contributed by atoms with van der Waals surface area (Å²) in [6, 6.07) is 0.123. The average molecular weight is 212 g/mol. The Morgan fingerprint density at radius 3 is 2.87 bits per heavy atom. The fourth-order valence-corrected chi connectivity index (χ4v) is 2.16. The molecule has 5 nitrogen and oxygen atoms in total. The SMILES string of the molecule is COC(=O)C1CCN1CC1CCC(=O)N1. The molecule has 1 amide bonds. The van der Waals surface area contributed by atoms with Crippen LogP contribution in [0.3, 0.4) is 0 Å². The van der Waals surface area contributed by atoms with E-state index in [1.165, 1.54) is 7.11 Å². The third-order valence-electron chi connectivity index (χ3n) is 3.14. The van der Waals surface area contributed by atoms with Crippen molar-refractivity contribution >= 4 is 11.9 Å². The van der Waals surface area contributed by atoms with Crippen molar-refractivity contribution in [3.8, 4) is 0 Å². The van der Waals surface area contributed by atoms with E-state index in [0.29, 0.717) is 6.42 Å². The first-order chi connectivity index (χ1) is 7.20. The van der Waals surface area contributed by atoms with E-state index in [1.807, 2.05) is 0 Å². The van der Waals surface area contributed by atoms with Crippen LogP contribution in [0.5, 0.6) is 0 Å². The standard InChI is InChI=1S/C10H16N2O3/c1-15-10(14)8-4-5-12(8)6-7-2-3-9(13)11-7/h7-8H,2-6H2,1H3,(H,11,13). The van der Waals surface area contributed by atoms with E-state index >= 15 is 0 Å². The van der Waals surface area contributed by atoms with Crippen molar-refractivity contribution < 1.29 is 14.3 Å². The molecule has 15 heavy (non-hydrogen) atoms. The number of carbonyl (C=O) groups excluding carboxylic acids is 2. The van der Waals surface area contributed by atoms with Crippen LogP contribution in [0.1, 0.15) is 19.3 Å². The molecular formula is C10H16N2O3. The first-order valence-corrected chi connectivity index (χ1v) is 5.32. The number of carbonyl (C=O) groups is 2. The van der Waals surface area contributed by atoms with Crippen LogP contribution in [-0.4, -0.2) is 49.1 Å². The van der Waals surface area contributed by atoms with Gasteiger partial charge in [0.2, 0.25) is 5.91 Å². The Hall–Kier alpha value is -1.10. The van der Waals surface area contributed by atoms with Gasteiger partial charge in [-0.1, -0.05) is 0 Å². The van der Waals surface area contributed by atoms with Crippen molar-refractivity contribution in [2.45, 2.75) is 31.3 Å². The van der Waals surface area contributed by atoms with E-state index in [9.17, 15) is 9.59 Å². The zero-order valence-corrected chi connectivity index (χ0v) is 8.86. The number of amides is 1. The van der Waals surface area contributed by atoms with Crippen LogP contribution in [0.25, 0.3) is 0 Å². The Labute approximate surface area is 88.8 Å². The Morgan fingerprint density at radius 2 is 2.40 bits per heavy atom. The maximum atomic E-state index is 11.3. The molecule has 2 fully saturated rings. The van der Waals surface area contributed by atoms with Crippen molar-refractivity contribution in [1.29, 1.82) is 0 Å². The Morgan fingerprint density at radius 1 is 1.60 bits per heavy atom. The lowest BCUT2D eigenvalue weighted by Gasteiger charge is -2.40. The molecule has 0 aromatic heterocycles. The third kappa shape index (κ3) is 2.12. The van der Waals surface area contributed by atoms with E-state index in [0.717, 1.165) is 25.9 Å². The van der Waals surface area contributed by atoms with Crippen LogP contribution in [0.2, 0.25) is 0 Å². The van der Waals surface area contributed by atoms with Crippen LogP contribution in [0.15, 0.2) is 0 Å². The summed E-state index contributed by atoms with van der Waals surface area (Å²) < 4.78 is 4.70. The van der Waals surface area contributed by atoms with Gasteiger partial charge >= 0.3 is 5.97 Å². The summed E-state index contributed by atoms with van der Waals surface area (Å²) in [5.74, 6) is -0.0410. The first-order valence-electron chi connectivity index (χ1n) is 5.32. The molecule has 2 atom stereocenters. The van der Waals surface area contributed by atoms with E-state index in [2.05, 4.69) is 10.2 Å². The lowest BCUT2D eigenvalue weighted by molar-refractivity contribution is -0.152. The second-order valence-electron chi connectivity index (χ2n) is 4.13. The number of hydrogen-bond acceptors (Lipinski definition) is 4. The zero-order valence-electron chi connectivity index (χ0n) is 8.86. The lowest BCUT2D eigenvalue weighted by atomic mass is 10.0. The molecule has 0 radical (unpaired) electrons. The summed E-state index contributed by atoms with van der Waals surface area (Å²) in [5.41, 5.74) is 0. The van der Waals surface area contributed by atoms with Crippen LogP contribution in [-0.2, 0) is 14.3 Å². The predicted molar refractivity (Wildman–Crippen MR) is 53.2 cm³/mol. The maximum absolute atomic E-state index is 11.3. The number of rotatable bonds is 3. The van der Waals surface area contributed by atoms with E-state index in [4.69, 9.17) is 4.74 Å². The molecule has 0 bridgehead atoms. The third-order valence-corrected chi connectivity index (χ3v) is 3.14. The molecule has 2 aliphatic rings. The van der Waals surface area contributed by atoms with Gasteiger partial charge in [-0.15, -0.1) is 0 Å². The van der Waals surface area contributed by atoms with Crippen molar-refractivity contribution in [3.63, 3.8) is 0 Å². The van der Waals surface area contributed by atoms with Crippen LogP contribution in [0.4, 0.5) is 0 Å². The maximum Gasteiger partial charge on any atom is 0.323 e. The number of hydrogen-bond donors (Lipinski definition) is 1. The number of ether oxygens (including phenoxy) is 1. The van der Waals surface area contributed by atoms with Gasteiger partial charge < -0.3 is 10.1 Å². The summed E-state index contributed by atoms with van der Waals surface area (Å²) in [4.78, 5) is 24.4. The minimum atomic E-state index is -0.162. The van der Waals surface area contributed by atoms with Crippen LogP contribution < -0.4 is 5.32 Å². The van der Waals surface area contributed by atoms with Gasteiger partial charge in [-0.05, 0) is 12.8 Å². The van der Waals surface area contributed by atoms with Crippen molar-refractivity contribution in [2.24, 2.45) is 0 Å². The molecule has 1 N–H and O–H groups in total. The number of likely N-dealkylation sites (tertiary alicyclic amines) is 1. The molecule has 2 heterocycles. The number of nitrogens with zero attached hydrogens (tertiary/aromatic N) is 1. The van der Waals surface area contributed by atoms with E-state index < -0.39 is 0 Å². The summed E-state index contributed by atoms with van der Waals surface area (Å²) in [6.45, 7) is 1.69. The predicted octanol–water partition coefficient (Wildman–Crippen LogP) is -0.488. The molecule has 2 saturated heterocycles. The number of esters is 1. The topological polar surface area (TPSA) is 58.6 Å². The van der Waals surface area contributed by atoms with Gasteiger partial charge in [0.05, 0.1) is 7.11 Å². The Bertz CT molecular complexity index is 280. The second kappa shape index (κ2) is 4.18. The second-order valence-corrected chi connectivity index (χ2v) is 4.13. The van der Waals surface area contributed by atoms with Gasteiger partial charge in [0.1, 0.15) is 6.04 Å². The smallest absolute Gasteiger partial charge is 0.323 e. The molecule has 0 spiro atoms. The average Bonchev–Trinajstić information content (AvgIpc) is 2.58. The summed E-state index contributed by atoms with van der Waals surface area (Å²) in [7, 11) is 1.41. The molecule has 5 heteroatoms. The Kier molecular flexibility index (Phi) is 2.90. The molecule has 2 aliphatic heterocycles. The van der Waals surface area contributed by atoms with Gasteiger partial charge in [-0.3, -0.25) is 14.5 Å². The number of nitrogens with one attached hydrogen (secondary N) is 1.